The van der Waals surface area contributed by atoms with Crippen molar-refractivity contribution in [1.29, 1.82) is 0 Å². The molecule has 2 aromatic carbocycles. The molecule has 0 aliphatic carbocycles. The summed E-state index contributed by atoms with van der Waals surface area (Å²) < 4.78 is 72.7. The van der Waals surface area contributed by atoms with Crippen LogP contribution in [0, 0.1) is 0 Å². The molecular formula is C20H19F3N4O3S. The van der Waals surface area contributed by atoms with Gasteiger partial charge in [0.1, 0.15) is 6.10 Å². The molecule has 164 valence electrons. The number of hydrogen-bond acceptors (Lipinski definition) is 5. The van der Waals surface area contributed by atoms with E-state index in [1.807, 2.05) is 11.5 Å². The Labute approximate surface area is 176 Å². The van der Waals surface area contributed by atoms with Crippen LogP contribution in [0.25, 0.3) is 11.3 Å². The Bertz CT molecular complexity index is 1200. The van der Waals surface area contributed by atoms with Crippen molar-refractivity contribution >= 4 is 21.4 Å². The Morgan fingerprint density at radius 2 is 1.87 bits per heavy atom. The van der Waals surface area contributed by atoms with Crippen LogP contribution in [-0.2, 0) is 22.7 Å². The first-order valence-corrected chi connectivity index (χ1v) is 10.8. The summed E-state index contributed by atoms with van der Waals surface area (Å²) in [6, 6.07) is 9.40. The summed E-state index contributed by atoms with van der Waals surface area (Å²) in [6.45, 7) is 2.52. The van der Waals surface area contributed by atoms with Gasteiger partial charge in [0.2, 0.25) is 10.0 Å². The van der Waals surface area contributed by atoms with Crippen molar-refractivity contribution in [3.05, 3.63) is 54.2 Å². The van der Waals surface area contributed by atoms with E-state index in [1.54, 1.807) is 12.3 Å². The van der Waals surface area contributed by atoms with Crippen molar-refractivity contribution in [3.63, 3.8) is 0 Å². The molecule has 2 heterocycles. The smallest absolute Gasteiger partial charge is 0.416 e. The van der Waals surface area contributed by atoms with Crippen LogP contribution >= 0.6 is 0 Å². The highest BCUT2D eigenvalue weighted by Gasteiger charge is 2.30. The molecule has 0 spiro atoms. The normalized spacial score (nSPS) is 16.1. The van der Waals surface area contributed by atoms with Crippen molar-refractivity contribution in [2.75, 3.05) is 12.4 Å². The van der Waals surface area contributed by atoms with Gasteiger partial charge in [0.25, 0.3) is 6.01 Å². The molecule has 4 rings (SSSR count). The van der Waals surface area contributed by atoms with Crippen LogP contribution in [0.5, 0.6) is 6.01 Å². The van der Waals surface area contributed by atoms with Crippen molar-refractivity contribution in [2.24, 2.45) is 0 Å². The van der Waals surface area contributed by atoms with Crippen molar-refractivity contribution in [3.8, 4) is 17.3 Å². The number of aromatic nitrogens is 2. The summed E-state index contributed by atoms with van der Waals surface area (Å²) in [5.41, 5.74) is 1.08. The van der Waals surface area contributed by atoms with Gasteiger partial charge in [0.05, 0.1) is 22.7 Å². The molecule has 0 radical (unpaired) electrons. The Hall–Kier alpha value is -3.05. The van der Waals surface area contributed by atoms with Crippen molar-refractivity contribution in [1.82, 2.24) is 14.3 Å². The number of fused-ring (bicyclic) bond motifs is 1. The van der Waals surface area contributed by atoms with E-state index in [4.69, 9.17) is 4.74 Å². The van der Waals surface area contributed by atoms with Crippen LogP contribution in [0.2, 0.25) is 0 Å². The number of benzene rings is 2. The minimum absolute atomic E-state index is 0.0164. The molecule has 1 unspecified atom stereocenters. The lowest BCUT2D eigenvalue weighted by Gasteiger charge is -2.14. The quantitative estimate of drug-likeness (QED) is 0.611. The molecule has 0 fully saturated rings. The molecule has 3 aromatic rings. The number of rotatable bonds is 5. The van der Waals surface area contributed by atoms with E-state index in [2.05, 4.69) is 15.0 Å². The molecule has 1 aliphatic heterocycles. The lowest BCUT2D eigenvalue weighted by molar-refractivity contribution is -0.137. The molecule has 0 amide bonds. The largest absolute Gasteiger partial charge is 0.460 e. The van der Waals surface area contributed by atoms with E-state index in [0.717, 1.165) is 12.1 Å². The average molecular weight is 452 g/mol. The van der Waals surface area contributed by atoms with Gasteiger partial charge in [0, 0.05) is 23.1 Å². The number of ether oxygens (including phenoxy) is 1. The van der Waals surface area contributed by atoms with Gasteiger partial charge in [0.15, 0.2) is 0 Å². The van der Waals surface area contributed by atoms with Crippen LogP contribution < -0.4 is 14.8 Å². The highest BCUT2D eigenvalue weighted by molar-refractivity contribution is 7.89. The second kappa shape index (κ2) is 7.57. The third kappa shape index (κ3) is 4.23. The van der Waals surface area contributed by atoms with Crippen molar-refractivity contribution in [2.45, 2.75) is 30.6 Å². The zero-order chi connectivity index (χ0) is 22.4. The van der Waals surface area contributed by atoms with Crippen molar-refractivity contribution < 1.29 is 26.3 Å². The number of hydrogen-bond donors (Lipinski definition) is 2. The van der Waals surface area contributed by atoms with E-state index in [-0.39, 0.29) is 11.0 Å². The number of halogens is 3. The summed E-state index contributed by atoms with van der Waals surface area (Å²) in [4.78, 5) is 4.48. The van der Waals surface area contributed by atoms with Gasteiger partial charge in [-0.2, -0.15) is 18.2 Å². The van der Waals surface area contributed by atoms with E-state index in [1.165, 1.54) is 31.3 Å². The van der Waals surface area contributed by atoms with E-state index < -0.39 is 21.8 Å². The Balaban J connectivity index is 1.74. The minimum Gasteiger partial charge on any atom is -0.460 e. The maximum Gasteiger partial charge on any atom is 0.416 e. The third-order valence-corrected chi connectivity index (χ3v) is 6.25. The molecule has 31 heavy (non-hydrogen) atoms. The van der Waals surface area contributed by atoms with Gasteiger partial charge in [-0.1, -0.05) is 0 Å². The topological polar surface area (TPSA) is 85.3 Å². The van der Waals surface area contributed by atoms with E-state index in [9.17, 15) is 21.6 Å². The molecule has 0 saturated carbocycles. The number of nitrogens with zero attached hydrogens (tertiary/aromatic N) is 2. The van der Waals surface area contributed by atoms with E-state index >= 15 is 0 Å². The van der Waals surface area contributed by atoms with Crippen LogP contribution in [-0.4, -0.2) is 31.1 Å². The maximum absolute atomic E-state index is 12.8. The molecule has 0 bridgehead atoms. The Morgan fingerprint density at radius 3 is 2.48 bits per heavy atom. The summed E-state index contributed by atoms with van der Waals surface area (Å²) in [5.74, 6) is 0. The van der Waals surface area contributed by atoms with Gasteiger partial charge in [-0.3, -0.25) is 4.57 Å². The maximum atomic E-state index is 12.8. The molecule has 0 saturated heterocycles. The Kier molecular flexibility index (Phi) is 5.18. The van der Waals surface area contributed by atoms with Crippen LogP contribution in [0.4, 0.5) is 24.5 Å². The monoisotopic (exact) mass is 452 g/mol. The first-order chi connectivity index (χ1) is 14.6. The van der Waals surface area contributed by atoms with E-state index in [0.29, 0.717) is 35.2 Å². The average Bonchev–Trinajstić information content (AvgIpc) is 3.25. The minimum atomic E-state index is -4.43. The first-order valence-electron chi connectivity index (χ1n) is 9.33. The highest BCUT2D eigenvalue weighted by Crippen LogP contribution is 2.36. The second-order valence-corrected chi connectivity index (χ2v) is 8.99. The van der Waals surface area contributed by atoms with Crippen LogP contribution in [0.1, 0.15) is 12.5 Å². The predicted molar refractivity (Wildman–Crippen MR) is 109 cm³/mol. The second-order valence-electron chi connectivity index (χ2n) is 7.10. The molecule has 2 N–H and O–H groups in total. The lowest BCUT2D eigenvalue weighted by Crippen LogP contribution is -2.18. The summed E-state index contributed by atoms with van der Waals surface area (Å²) in [5, 5.41) is 3.05. The number of sulfonamides is 1. The number of nitrogens with one attached hydrogen (secondary N) is 2. The van der Waals surface area contributed by atoms with Crippen LogP contribution in [0.15, 0.2) is 53.6 Å². The molecule has 7 nitrogen and oxygen atoms in total. The number of imidazole rings is 1. The molecule has 1 aromatic heterocycles. The predicted octanol–water partition coefficient (Wildman–Crippen LogP) is 4.00. The Morgan fingerprint density at radius 1 is 1.16 bits per heavy atom. The third-order valence-electron chi connectivity index (χ3n) is 4.84. The highest BCUT2D eigenvalue weighted by atomic mass is 32.2. The fraction of sp³-hybridized carbons (Fsp3) is 0.250. The summed E-state index contributed by atoms with van der Waals surface area (Å²) in [7, 11) is -2.40. The van der Waals surface area contributed by atoms with Gasteiger partial charge in [-0.15, -0.1) is 0 Å². The summed E-state index contributed by atoms with van der Waals surface area (Å²) >= 11 is 0. The zero-order valence-corrected chi connectivity index (χ0v) is 17.4. The first kappa shape index (κ1) is 21.2. The van der Waals surface area contributed by atoms with Crippen LogP contribution in [0.3, 0.4) is 0 Å². The molecule has 1 atom stereocenters. The molecule has 11 heteroatoms. The number of anilines is 2. The SMILES string of the molecule is CNS(=O)(=O)c1ccc(Nc2ccc(C(F)(F)F)cc2)c(-c2cn3c(n2)OC(C)C3)c1. The standard InChI is InChI=1S/C20H19F3N4O3S/c1-12-10-27-11-18(26-19(27)30-12)16-9-15(31(28,29)24-2)7-8-17(16)25-14-5-3-13(4-6-14)20(21,22)23/h3-9,11-12,24-25H,10H2,1-2H3. The van der Waals surface area contributed by atoms with Gasteiger partial charge >= 0.3 is 6.18 Å². The number of alkyl halides is 3. The fourth-order valence-corrected chi connectivity index (χ4v) is 4.03. The van der Waals surface area contributed by atoms with Gasteiger partial charge < -0.3 is 10.1 Å². The summed E-state index contributed by atoms with van der Waals surface area (Å²) in [6.07, 6.45) is -2.69. The molecular weight excluding hydrogens is 433 g/mol. The van der Waals surface area contributed by atoms with Gasteiger partial charge in [-0.25, -0.2) is 13.1 Å². The zero-order valence-electron chi connectivity index (χ0n) is 16.6. The fourth-order valence-electron chi connectivity index (χ4n) is 3.28. The molecule has 1 aliphatic rings. The van der Waals surface area contributed by atoms with Gasteiger partial charge in [-0.05, 0) is 56.4 Å². The lowest BCUT2D eigenvalue weighted by atomic mass is 10.1.